The molecule has 7 heteroatoms. The fourth-order valence-electron chi connectivity index (χ4n) is 2.45. The number of aryl methyl sites for hydroxylation is 1. The highest BCUT2D eigenvalue weighted by atomic mass is 16.5. The van der Waals surface area contributed by atoms with Crippen LogP contribution in [0.2, 0.25) is 0 Å². The molecule has 0 fully saturated rings. The third-order valence-electron chi connectivity index (χ3n) is 3.80. The van der Waals surface area contributed by atoms with Crippen molar-refractivity contribution in [1.82, 2.24) is 14.5 Å². The SMILES string of the molecule is COc1ccc(C)cc1[C@@H](C)NC(=O)Cn1ccc(=O)n(C)c1=O. The van der Waals surface area contributed by atoms with Crippen LogP contribution in [0.25, 0.3) is 0 Å². The third-order valence-corrected chi connectivity index (χ3v) is 3.80. The summed E-state index contributed by atoms with van der Waals surface area (Å²) in [6.07, 6.45) is 1.32. The predicted molar refractivity (Wildman–Crippen MR) is 90.2 cm³/mol. The van der Waals surface area contributed by atoms with Gasteiger partial charge in [0.2, 0.25) is 5.91 Å². The molecule has 1 N–H and O–H groups in total. The Labute approximate surface area is 139 Å². The molecule has 7 nitrogen and oxygen atoms in total. The monoisotopic (exact) mass is 331 g/mol. The number of ether oxygens (including phenoxy) is 1. The Balaban J connectivity index is 2.16. The number of benzene rings is 1. The Morgan fingerprint density at radius 3 is 2.67 bits per heavy atom. The number of carbonyl (C=O) groups is 1. The summed E-state index contributed by atoms with van der Waals surface area (Å²) < 4.78 is 7.47. The average Bonchev–Trinajstić information content (AvgIpc) is 2.55. The van der Waals surface area contributed by atoms with Crippen molar-refractivity contribution in [1.29, 1.82) is 0 Å². The first-order valence-electron chi connectivity index (χ1n) is 7.54. The highest BCUT2D eigenvalue weighted by molar-refractivity contribution is 5.76. The second-order valence-corrected chi connectivity index (χ2v) is 5.66. The lowest BCUT2D eigenvalue weighted by Crippen LogP contribution is -2.40. The zero-order valence-corrected chi connectivity index (χ0v) is 14.2. The van der Waals surface area contributed by atoms with Gasteiger partial charge in [0.25, 0.3) is 5.56 Å². The zero-order chi connectivity index (χ0) is 17.9. The van der Waals surface area contributed by atoms with E-state index in [9.17, 15) is 14.4 Å². The molecule has 2 aromatic rings. The van der Waals surface area contributed by atoms with Gasteiger partial charge in [-0.15, -0.1) is 0 Å². The van der Waals surface area contributed by atoms with E-state index in [4.69, 9.17) is 4.74 Å². The fraction of sp³-hybridized carbons (Fsp3) is 0.353. The van der Waals surface area contributed by atoms with Gasteiger partial charge < -0.3 is 10.1 Å². The van der Waals surface area contributed by atoms with Gasteiger partial charge in [0, 0.05) is 24.9 Å². The van der Waals surface area contributed by atoms with Crippen molar-refractivity contribution >= 4 is 5.91 Å². The maximum atomic E-state index is 12.2. The van der Waals surface area contributed by atoms with Gasteiger partial charge in [-0.2, -0.15) is 0 Å². The van der Waals surface area contributed by atoms with Crippen LogP contribution in [0.3, 0.4) is 0 Å². The second-order valence-electron chi connectivity index (χ2n) is 5.66. The Bertz CT molecular complexity index is 867. The minimum Gasteiger partial charge on any atom is -0.496 e. The molecule has 2 rings (SSSR count). The van der Waals surface area contributed by atoms with E-state index in [0.29, 0.717) is 5.75 Å². The van der Waals surface area contributed by atoms with Gasteiger partial charge in [-0.3, -0.25) is 18.7 Å². The van der Waals surface area contributed by atoms with Crippen LogP contribution in [-0.2, 0) is 18.4 Å². The van der Waals surface area contributed by atoms with E-state index in [1.807, 2.05) is 32.0 Å². The molecule has 24 heavy (non-hydrogen) atoms. The van der Waals surface area contributed by atoms with Crippen LogP contribution in [-0.4, -0.2) is 22.2 Å². The lowest BCUT2D eigenvalue weighted by molar-refractivity contribution is -0.122. The number of rotatable bonds is 5. The molecule has 0 saturated heterocycles. The Kier molecular flexibility index (Phi) is 5.23. The van der Waals surface area contributed by atoms with Gasteiger partial charge >= 0.3 is 5.69 Å². The molecule has 0 aliphatic carbocycles. The molecule has 0 aliphatic rings. The van der Waals surface area contributed by atoms with Crippen LogP contribution in [0.1, 0.15) is 24.1 Å². The molecule has 1 aromatic heterocycles. The lowest BCUT2D eigenvalue weighted by atomic mass is 10.0. The van der Waals surface area contributed by atoms with Crippen molar-refractivity contribution in [2.45, 2.75) is 26.4 Å². The van der Waals surface area contributed by atoms with Crippen molar-refractivity contribution in [3.63, 3.8) is 0 Å². The molecule has 0 saturated carbocycles. The number of hydrogen-bond acceptors (Lipinski definition) is 4. The van der Waals surface area contributed by atoms with Crippen LogP contribution < -0.4 is 21.3 Å². The highest BCUT2D eigenvalue weighted by Gasteiger charge is 2.15. The van der Waals surface area contributed by atoms with Crippen molar-refractivity contribution in [2.75, 3.05) is 7.11 Å². The number of nitrogens with zero attached hydrogens (tertiary/aromatic N) is 2. The van der Waals surface area contributed by atoms with Crippen molar-refractivity contribution in [3.8, 4) is 5.75 Å². The largest absolute Gasteiger partial charge is 0.496 e. The van der Waals surface area contributed by atoms with E-state index in [0.717, 1.165) is 15.7 Å². The van der Waals surface area contributed by atoms with Gasteiger partial charge in [-0.1, -0.05) is 17.7 Å². The maximum Gasteiger partial charge on any atom is 0.331 e. The molecule has 0 aliphatic heterocycles. The number of carbonyl (C=O) groups excluding carboxylic acids is 1. The van der Waals surface area contributed by atoms with Crippen molar-refractivity contribution < 1.29 is 9.53 Å². The molecule has 128 valence electrons. The third kappa shape index (κ3) is 3.73. The van der Waals surface area contributed by atoms with E-state index < -0.39 is 11.2 Å². The first-order valence-corrected chi connectivity index (χ1v) is 7.54. The Hall–Kier alpha value is -2.83. The number of aromatic nitrogens is 2. The highest BCUT2D eigenvalue weighted by Crippen LogP contribution is 2.25. The molecular weight excluding hydrogens is 310 g/mol. The van der Waals surface area contributed by atoms with E-state index in [1.165, 1.54) is 23.9 Å². The summed E-state index contributed by atoms with van der Waals surface area (Å²) >= 11 is 0. The van der Waals surface area contributed by atoms with E-state index in [2.05, 4.69) is 5.32 Å². The zero-order valence-electron chi connectivity index (χ0n) is 14.2. The van der Waals surface area contributed by atoms with Crippen molar-refractivity contribution in [2.24, 2.45) is 7.05 Å². The molecule has 0 unspecified atom stereocenters. The molecular formula is C17H21N3O4. The first-order chi connectivity index (χ1) is 11.3. The number of nitrogens with one attached hydrogen (secondary N) is 1. The standard InChI is InChI=1S/C17H21N3O4/c1-11-5-6-14(24-4)13(9-11)12(2)18-15(21)10-20-8-7-16(22)19(3)17(20)23/h5-9,12H,10H2,1-4H3,(H,18,21)/t12-/m1/s1. The summed E-state index contributed by atoms with van der Waals surface area (Å²) in [7, 11) is 2.95. The normalized spacial score (nSPS) is 11.8. The molecule has 0 spiro atoms. The maximum absolute atomic E-state index is 12.2. The van der Waals surface area contributed by atoms with E-state index in [1.54, 1.807) is 7.11 Å². The number of amides is 1. The van der Waals surface area contributed by atoms with E-state index >= 15 is 0 Å². The molecule has 1 aromatic carbocycles. The molecule has 0 radical (unpaired) electrons. The quantitative estimate of drug-likeness (QED) is 0.876. The Morgan fingerprint density at radius 1 is 1.29 bits per heavy atom. The van der Waals surface area contributed by atoms with Crippen molar-refractivity contribution in [3.05, 3.63) is 62.4 Å². The van der Waals surface area contributed by atoms with Gasteiger partial charge in [0.15, 0.2) is 0 Å². The van der Waals surface area contributed by atoms with Crippen LogP contribution in [0, 0.1) is 6.92 Å². The topological polar surface area (TPSA) is 82.3 Å². The van der Waals surface area contributed by atoms with Crippen LogP contribution in [0.15, 0.2) is 40.1 Å². The summed E-state index contributed by atoms with van der Waals surface area (Å²) in [6, 6.07) is 6.70. The van der Waals surface area contributed by atoms with Gasteiger partial charge in [-0.05, 0) is 19.9 Å². The number of methoxy groups -OCH3 is 1. The molecule has 1 amide bonds. The minimum absolute atomic E-state index is 0.161. The Morgan fingerprint density at radius 2 is 2.00 bits per heavy atom. The summed E-state index contributed by atoms with van der Waals surface area (Å²) in [6.45, 7) is 3.64. The fourth-order valence-corrected chi connectivity index (χ4v) is 2.45. The van der Waals surface area contributed by atoms with Crippen LogP contribution in [0.4, 0.5) is 0 Å². The first kappa shape index (κ1) is 17.5. The van der Waals surface area contributed by atoms with Gasteiger partial charge in [0.05, 0.1) is 13.2 Å². The average molecular weight is 331 g/mol. The summed E-state index contributed by atoms with van der Waals surface area (Å²) in [5, 5.41) is 2.84. The molecule has 1 heterocycles. The van der Waals surface area contributed by atoms with Gasteiger partial charge in [-0.25, -0.2) is 4.79 Å². The summed E-state index contributed by atoms with van der Waals surface area (Å²) in [4.78, 5) is 35.6. The lowest BCUT2D eigenvalue weighted by Gasteiger charge is -2.18. The summed E-state index contributed by atoms with van der Waals surface area (Å²) in [5.41, 5.74) is 0.979. The van der Waals surface area contributed by atoms with Gasteiger partial charge in [0.1, 0.15) is 12.3 Å². The predicted octanol–water partition coefficient (Wildman–Crippen LogP) is 0.741. The summed E-state index contributed by atoms with van der Waals surface area (Å²) in [5.74, 6) is 0.361. The smallest absolute Gasteiger partial charge is 0.331 e. The second kappa shape index (κ2) is 7.16. The van der Waals surface area contributed by atoms with Crippen LogP contribution >= 0.6 is 0 Å². The number of hydrogen-bond donors (Lipinski definition) is 1. The van der Waals surface area contributed by atoms with Crippen LogP contribution in [0.5, 0.6) is 5.75 Å². The molecule has 1 atom stereocenters. The molecule has 0 bridgehead atoms. The minimum atomic E-state index is -0.529. The van der Waals surface area contributed by atoms with E-state index in [-0.39, 0.29) is 18.5 Å².